The molecular weight excluding hydrogens is 226 g/mol. The van der Waals surface area contributed by atoms with Gasteiger partial charge in [0.1, 0.15) is 0 Å². The number of aryl methyl sites for hydroxylation is 1. The highest BCUT2D eigenvalue weighted by molar-refractivity contribution is 6.06. The van der Waals surface area contributed by atoms with E-state index >= 15 is 0 Å². The number of carbonyl (C=O) groups is 1. The van der Waals surface area contributed by atoms with Gasteiger partial charge in [0.05, 0.1) is 23.4 Å². The van der Waals surface area contributed by atoms with Gasteiger partial charge in [-0.15, -0.1) is 0 Å². The topological polar surface area (TPSA) is 58.7 Å². The summed E-state index contributed by atoms with van der Waals surface area (Å²) < 4.78 is 1.59. The highest BCUT2D eigenvalue weighted by atomic mass is 16.1. The summed E-state index contributed by atoms with van der Waals surface area (Å²) in [5, 5.41) is 12.6. The van der Waals surface area contributed by atoms with Crippen molar-refractivity contribution in [3.8, 4) is 6.07 Å². The van der Waals surface area contributed by atoms with E-state index in [0.717, 1.165) is 5.56 Å². The van der Waals surface area contributed by atoms with Crippen LogP contribution in [0.25, 0.3) is 6.08 Å². The van der Waals surface area contributed by atoms with Crippen molar-refractivity contribution in [3.05, 3.63) is 59.4 Å². The van der Waals surface area contributed by atoms with E-state index in [1.165, 1.54) is 12.3 Å². The minimum Gasteiger partial charge on any atom is -0.289 e. The van der Waals surface area contributed by atoms with Crippen molar-refractivity contribution in [2.45, 2.75) is 0 Å². The van der Waals surface area contributed by atoms with Crippen LogP contribution >= 0.6 is 0 Å². The summed E-state index contributed by atoms with van der Waals surface area (Å²) in [7, 11) is 1.76. The van der Waals surface area contributed by atoms with Crippen molar-refractivity contribution in [1.29, 1.82) is 5.26 Å². The third-order valence-corrected chi connectivity index (χ3v) is 2.46. The molecule has 0 saturated carbocycles. The first-order valence-electron chi connectivity index (χ1n) is 5.40. The number of hydrogen-bond donors (Lipinski definition) is 0. The molecule has 2 aromatic rings. The van der Waals surface area contributed by atoms with Crippen LogP contribution in [-0.4, -0.2) is 15.6 Å². The van der Waals surface area contributed by atoms with E-state index in [-0.39, 0.29) is 5.78 Å². The maximum atomic E-state index is 11.8. The smallest absolute Gasteiger partial charge is 0.189 e. The van der Waals surface area contributed by atoms with Gasteiger partial charge in [-0.05, 0) is 23.8 Å². The number of ketones is 1. The molecule has 0 aliphatic rings. The Kier molecular flexibility index (Phi) is 3.35. The standard InChI is InChI=1S/C14H11N3O/c1-17-10-13(9-16-17)14(18)7-6-11-2-4-12(8-15)5-3-11/h2-7,9-10H,1H3. The summed E-state index contributed by atoms with van der Waals surface area (Å²) in [5.41, 5.74) is 2.04. The zero-order chi connectivity index (χ0) is 13.0. The van der Waals surface area contributed by atoms with Crippen LogP contribution < -0.4 is 0 Å². The molecule has 1 heterocycles. The second kappa shape index (κ2) is 5.11. The number of aromatic nitrogens is 2. The van der Waals surface area contributed by atoms with E-state index < -0.39 is 0 Å². The molecule has 0 fully saturated rings. The Morgan fingerprint density at radius 1 is 1.39 bits per heavy atom. The molecule has 0 bridgehead atoms. The number of benzene rings is 1. The first-order chi connectivity index (χ1) is 8.69. The van der Waals surface area contributed by atoms with Gasteiger partial charge < -0.3 is 0 Å². The van der Waals surface area contributed by atoms with E-state index in [9.17, 15) is 4.79 Å². The quantitative estimate of drug-likeness (QED) is 0.607. The van der Waals surface area contributed by atoms with Crippen LogP contribution in [0.15, 0.2) is 42.7 Å². The van der Waals surface area contributed by atoms with Crippen molar-refractivity contribution < 1.29 is 4.79 Å². The van der Waals surface area contributed by atoms with Crippen molar-refractivity contribution in [1.82, 2.24) is 9.78 Å². The van der Waals surface area contributed by atoms with Crippen molar-refractivity contribution in [2.24, 2.45) is 7.05 Å². The van der Waals surface area contributed by atoms with E-state index in [2.05, 4.69) is 5.10 Å². The molecule has 0 atom stereocenters. The van der Waals surface area contributed by atoms with Crippen LogP contribution in [0.4, 0.5) is 0 Å². The number of rotatable bonds is 3. The average molecular weight is 237 g/mol. The first kappa shape index (κ1) is 11.8. The zero-order valence-corrected chi connectivity index (χ0v) is 9.87. The van der Waals surface area contributed by atoms with Gasteiger partial charge in [-0.1, -0.05) is 18.2 Å². The minimum absolute atomic E-state index is 0.0903. The van der Waals surface area contributed by atoms with Crippen LogP contribution in [0.1, 0.15) is 21.5 Å². The predicted octanol–water partition coefficient (Wildman–Crippen LogP) is 2.19. The van der Waals surface area contributed by atoms with Crippen LogP contribution in [0, 0.1) is 11.3 Å². The number of nitrogens with zero attached hydrogens (tertiary/aromatic N) is 3. The fraction of sp³-hybridized carbons (Fsp3) is 0.0714. The van der Waals surface area contributed by atoms with Gasteiger partial charge >= 0.3 is 0 Å². The van der Waals surface area contributed by atoms with Gasteiger partial charge in [-0.25, -0.2) is 0 Å². The fourth-order valence-corrected chi connectivity index (χ4v) is 1.49. The average Bonchev–Trinajstić information content (AvgIpc) is 2.83. The summed E-state index contributed by atoms with van der Waals surface area (Å²) in [6.45, 7) is 0. The highest BCUT2D eigenvalue weighted by Crippen LogP contribution is 2.07. The predicted molar refractivity (Wildman–Crippen MR) is 67.7 cm³/mol. The van der Waals surface area contributed by atoms with Crippen molar-refractivity contribution in [2.75, 3.05) is 0 Å². The monoisotopic (exact) mass is 237 g/mol. The second-order valence-corrected chi connectivity index (χ2v) is 3.83. The SMILES string of the molecule is Cn1cc(C(=O)C=Cc2ccc(C#N)cc2)cn1. The zero-order valence-electron chi connectivity index (χ0n) is 9.87. The molecule has 1 aromatic carbocycles. The van der Waals surface area contributed by atoms with Crippen molar-refractivity contribution >= 4 is 11.9 Å². The Hall–Kier alpha value is -2.67. The van der Waals surface area contributed by atoms with Crippen LogP contribution in [-0.2, 0) is 7.05 Å². The summed E-state index contributed by atoms with van der Waals surface area (Å²) in [5.74, 6) is -0.0903. The Balaban J connectivity index is 2.11. The Morgan fingerprint density at radius 2 is 2.11 bits per heavy atom. The van der Waals surface area contributed by atoms with Gasteiger partial charge in [-0.2, -0.15) is 10.4 Å². The molecule has 88 valence electrons. The molecule has 0 radical (unpaired) electrons. The van der Waals surface area contributed by atoms with Crippen LogP contribution in [0.5, 0.6) is 0 Å². The number of nitriles is 1. The van der Waals surface area contributed by atoms with Gasteiger partial charge in [0.25, 0.3) is 0 Å². The number of carbonyl (C=O) groups excluding carboxylic acids is 1. The van der Waals surface area contributed by atoms with E-state index in [1.807, 2.05) is 6.07 Å². The molecule has 4 nitrogen and oxygen atoms in total. The lowest BCUT2D eigenvalue weighted by molar-refractivity contribution is 0.104. The lowest BCUT2D eigenvalue weighted by atomic mass is 10.1. The van der Waals surface area contributed by atoms with Gasteiger partial charge in [-0.3, -0.25) is 9.48 Å². The van der Waals surface area contributed by atoms with E-state index in [1.54, 1.807) is 48.3 Å². The Labute approximate surface area is 105 Å². The fourth-order valence-electron chi connectivity index (χ4n) is 1.49. The third-order valence-electron chi connectivity index (χ3n) is 2.46. The molecule has 0 unspecified atom stereocenters. The lowest BCUT2D eigenvalue weighted by Crippen LogP contribution is -1.91. The summed E-state index contributed by atoms with van der Waals surface area (Å²) in [4.78, 5) is 11.8. The summed E-state index contributed by atoms with van der Waals surface area (Å²) >= 11 is 0. The van der Waals surface area contributed by atoms with Gasteiger partial charge in [0.2, 0.25) is 0 Å². The maximum absolute atomic E-state index is 11.8. The molecule has 0 spiro atoms. The normalized spacial score (nSPS) is 10.4. The largest absolute Gasteiger partial charge is 0.289 e. The molecule has 1 aromatic heterocycles. The molecule has 0 amide bonds. The minimum atomic E-state index is -0.0903. The van der Waals surface area contributed by atoms with Crippen LogP contribution in [0.2, 0.25) is 0 Å². The first-order valence-corrected chi connectivity index (χ1v) is 5.40. The number of allylic oxidation sites excluding steroid dienone is 1. The molecular formula is C14H11N3O. The summed E-state index contributed by atoms with van der Waals surface area (Å²) in [6.07, 6.45) is 6.42. The van der Waals surface area contributed by atoms with Crippen molar-refractivity contribution in [3.63, 3.8) is 0 Å². The van der Waals surface area contributed by atoms with E-state index in [4.69, 9.17) is 5.26 Å². The Morgan fingerprint density at radius 3 is 2.67 bits per heavy atom. The highest BCUT2D eigenvalue weighted by Gasteiger charge is 2.03. The molecule has 4 heteroatoms. The second-order valence-electron chi connectivity index (χ2n) is 3.83. The van der Waals surface area contributed by atoms with Gasteiger partial charge in [0.15, 0.2) is 5.78 Å². The molecule has 2 rings (SSSR count). The molecule has 0 saturated heterocycles. The molecule has 0 aliphatic carbocycles. The molecule has 0 N–H and O–H groups in total. The van der Waals surface area contributed by atoms with Crippen LogP contribution in [0.3, 0.4) is 0 Å². The van der Waals surface area contributed by atoms with Gasteiger partial charge in [0, 0.05) is 13.2 Å². The third kappa shape index (κ3) is 2.71. The maximum Gasteiger partial charge on any atom is 0.189 e. The lowest BCUT2D eigenvalue weighted by Gasteiger charge is -1.93. The Bertz CT molecular complexity index is 630. The molecule has 0 aliphatic heterocycles. The number of hydrogen-bond acceptors (Lipinski definition) is 3. The van der Waals surface area contributed by atoms with E-state index in [0.29, 0.717) is 11.1 Å². The summed E-state index contributed by atoms with van der Waals surface area (Å²) in [6, 6.07) is 9.07. The molecule has 18 heavy (non-hydrogen) atoms.